The molecular weight excluding hydrogens is 266 g/mol. The molecule has 0 unspecified atom stereocenters. The van der Waals surface area contributed by atoms with Crippen molar-refractivity contribution >= 4 is 11.4 Å². The maximum Gasteiger partial charge on any atom is 0.184 e. The fourth-order valence-corrected chi connectivity index (χ4v) is 2.29. The number of hydrogen-bond donors (Lipinski definition) is 1. The van der Waals surface area contributed by atoms with Gasteiger partial charge in [-0.3, -0.25) is 4.98 Å². The molecule has 112 valence electrons. The van der Waals surface area contributed by atoms with Crippen LogP contribution in [0.4, 0.5) is 11.4 Å². The van der Waals surface area contributed by atoms with Gasteiger partial charge in [0.1, 0.15) is 5.69 Å². The molecule has 5 heteroatoms. The first-order valence-corrected chi connectivity index (χ1v) is 6.86. The van der Waals surface area contributed by atoms with Crippen molar-refractivity contribution in [1.82, 2.24) is 4.98 Å². The summed E-state index contributed by atoms with van der Waals surface area (Å²) >= 11 is 0. The molecule has 5 nitrogen and oxygen atoms in total. The van der Waals surface area contributed by atoms with Crippen molar-refractivity contribution in [2.24, 2.45) is 0 Å². The SMILES string of the molecule is CCN(Cc1nccc(OC)c1OC)c1ccccc1N. The molecule has 1 aromatic carbocycles. The van der Waals surface area contributed by atoms with E-state index in [1.165, 1.54) is 0 Å². The molecule has 1 aromatic heterocycles. The summed E-state index contributed by atoms with van der Waals surface area (Å²) in [6.45, 7) is 3.50. The van der Waals surface area contributed by atoms with Crippen LogP contribution >= 0.6 is 0 Å². The van der Waals surface area contributed by atoms with Crippen molar-refractivity contribution in [2.75, 3.05) is 31.4 Å². The van der Waals surface area contributed by atoms with Gasteiger partial charge in [0.25, 0.3) is 0 Å². The Kier molecular flexibility index (Phi) is 4.87. The lowest BCUT2D eigenvalue weighted by molar-refractivity contribution is 0.349. The van der Waals surface area contributed by atoms with Crippen LogP contribution in [0.15, 0.2) is 36.5 Å². The van der Waals surface area contributed by atoms with Gasteiger partial charge in [-0.1, -0.05) is 12.1 Å². The largest absolute Gasteiger partial charge is 0.493 e. The number of para-hydroxylation sites is 2. The zero-order valence-corrected chi connectivity index (χ0v) is 12.7. The van der Waals surface area contributed by atoms with Crippen molar-refractivity contribution < 1.29 is 9.47 Å². The molecule has 2 rings (SSSR count). The number of ether oxygens (including phenoxy) is 2. The Morgan fingerprint density at radius 2 is 1.90 bits per heavy atom. The van der Waals surface area contributed by atoms with Gasteiger partial charge in [0.15, 0.2) is 11.5 Å². The van der Waals surface area contributed by atoms with Crippen LogP contribution in [0.1, 0.15) is 12.6 Å². The summed E-state index contributed by atoms with van der Waals surface area (Å²) in [5.41, 5.74) is 8.62. The number of pyridine rings is 1. The fraction of sp³-hybridized carbons (Fsp3) is 0.312. The van der Waals surface area contributed by atoms with E-state index in [9.17, 15) is 0 Å². The fourth-order valence-electron chi connectivity index (χ4n) is 2.29. The molecule has 0 saturated heterocycles. The smallest absolute Gasteiger partial charge is 0.184 e. The lowest BCUT2D eigenvalue weighted by Gasteiger charge is -2.25. The van der Waals surface area contributed by atoms with E-state index in [-0.39, 0.29) is 0 Å². The molecule has 2 aromatic rings. The first kappa shape index (κ1) is 15.0. The molecular formula is C16H21N3O2. The minimum atomic E-state index is 0.602. The molecule has 0 atom stereocenters. The summed E-state index contributed by atoms with van der Waals surface area (Å²) < 4.78 is 10.7. The Balaban J connectivity index is 2.33. The highest BCUT2D eigenvalue weighted by atomic mass is 16.5. The van der Waals surface area contributed by atoms with E-state index >= 15 is 0 Å². The van der Waals surface area contributed by atoms with Crippen molar-refractivity contribution in [1.29, 1.82) is 0 Å². The molecule has 0 aliphatic heterocycles. The normalized spacial score (nSPS) is 10.2. The van der Waals surface area contributed by atoms with Gasteiger partial charge in [0, 0.05) is 18.8 Å². The molecule has 0 aliphatic carbocycles. The third kappa shape index (κ3) is 3.18. The van der Waals surface area contributed by atoms with Gasteiger partial charge < -0.3 is 20.1 Å². The molecule has 0 bridgehead atoms. The van der Waals surface area contributed by atoms with Gasteiger partial charge in [-0.25, -0.2) is 0 Å². The number of anilines is 2. The minimum absolute atomic E-state index is 0.602. The Labute approximate surface area is 125 Å². The zero-order valence-electron chi connectivity index (χ0n) is 12.7. The summed E-state index contributed by atoms with van der Waals surface area (Å²) in [5.74, 6) is 1.34. The van der Waals surface area contributed by atoms with Crippen LogP contribution < -0.4 is 20.1 Å². The lowest BCUT2D eigenvalue weighted by Crippen LogP contribution is -2.24. The van der Waals surface area contributed by atoms with E-state index in [2.05, 4.69) is 16.8 Å². The zero-order chi connectivity index (χ0) is 15.2. The highest BCUT2D eigenvalue weighted by molar-refractivity contribution is 5.67. The van der Waals surface area contributed by atoms with E-state index in [0.717, 1.165) is 23.6 Å². The number of benzene rings is 1. The predicted octanol–water partition coefficient (Wildman–Crippen LogP) is 2.71. The molecule has 0 amide bonds. The van der Waals surface area contributed by atoms with Crippen LogP contribution in [-0.2, 0) is 6.54 Å². The second kappa shape index (κ2) is 6.83. The van der Waals surface area contributed by atoms with Crippen molar-refractivity contribution in [2.45, 2.75) is 13.5 Å². The van der Waals surface area contributed by atoms with E-state index in [1.807, 2.05) is 24.3 Å². The first-order valence-electron chi connectivity index (χ1n) is 6.86. The van der Waals surface area contributed by atoms with Crippen LogP contribution in [0.2, 0.25) is 0 Å². The summed E-state index contributed by atoms with van der Waals surface area (Å²) in [4.78, 5) is 6.57. The predicted molar refractivity (Wildman–Crippen MR) is 84.9 cm³/mol. The maximum absolute atomic E-state index is 6.06. The molecule has 1 heterocycles. The average Bonchev–Trinajstić information content (AvgIpc) is 2.52. The first-order chi connectivity index (χ1) is 10.2. The maximum atomic E-state index is 6.06. The van der Waals surface area contributed by atoms with E-state index < -0.39 is 0 Å². The molecule has 0 spiro atoms. The second-order valence-corrected chi connectivity index (χ2v) is 4.57. The van der Waals surface area contributed by atoms with Crippen LogP contribution in [0.25, 0.3) is 0 Å². The van der Waals surface area contributed by atoms with Crippen LogP contribution in [-0.4, -0.2) is 25.7 Å². The van der Waals surface area contributed by atoms with Gasteiger partial charge >= 0.3 is 0 Å². The Morgan fingerprint density at radius 1 is 1.14 bits per heavy atom. The third-order valence-corrected chi connectivity index (χ3v) is 3.37. The Hall–Kier alpha value is -2.43. The second-order valence-electron chi connectivity index (χ2n) is 4.57. The van der Waals surface area contributed by atoms with Crippen LogP contribution in [0, 0.1) is 0 Å². The summed E-state index contributed by atoms with van der Waals surface area (Å²) in [5, 5.41) is 0. The molecule has 0 radical (unpaired) electrons. The van der Waals surface area contributed by atoms with Gasteiger partial charge in [-0.05, 0) is 19.1 Å². The minimum Gasteiger partial charge on any atom is -0.493 e. The van der Waals surface area contributed by atoms with Crippen LogP contribution in [0.3, 0.4) is 0 Å². The molecule has 21 heavy (non-hydrogen) atoms. The van der Waals surface area contributed by atoms with Crippen molar-refractivity contribution in [3.8, 4) is 11.5 Å². The molecule has 0 fully saturated rings. The molecule has 0 saturated carbocycles. The van der Waals surface area contributed by atoms with Crippen LogP contribution in [0.5, 0.6) is 11.5 Å². The van der Waals surface area contributed by atoms with E-state index in [0.29, 0.717) is 18.0 Å². The number of aromatic nitrogens is 1. The topological polar surface area (TPSA) is 60.6 Å². The Morgan fingerprint density at radius 3 is 2.52 bits per heavy atom. The standard InChI is InChI=1S/C16H21N3O2/c1-4-19(14-8-6-5-7-12(14)17)11-13-16(21-3)15(20-2)9-10-18-13/h5-10H,4,11,17H2,1-3H3. The molecule has 2 N–H and O–H groups in total. The average molecular weight is 287 g/mol. The van der Waals surface area contributed by atoms with Crippen molar-refractivity contribution in [3.05, 3.63) is 42.2 Å². The molecule has 0 aliphatic rings. The quantitative estimate of drug-likeness (QED) is 0.828. The number of nitrogens with zero attached hydrogens (tertiary/aromatic N) is 2. The number of nitrogen functional groups attached to an aromatic ring is 1. The van der Waals surface area contributed by atoms with Gasteiger partial charge in [-0.15, -0.1) is 0 Å². The number of hydrogen-bond acceptors (Lipinski definition) is 5. The van der Waals surface area contributed by atoms with Gasteiger partial charge in [-0.2, -0.15) is 0 Å². The number of rotatable bonds is 6. The summed E-state index contributed by atoms with van der Waals surface area (Å²) in [6, 6.07) is 9.59. The van der Waals surface area contributed by atoms with Gasteiger partial charge in [0.2, 0.25) is 0 Å². The summed E-state index contributed by atoms with van der Waals surface area (Å²) in [7, 11) is 3.24. The third-order valence-electron chi connectivity index (χ3n) is 3.37. The highest BCUT2D eigenvalue weighted by Gasteiger charge is 2.15. The monoisotopic (exact) mass is 287 g/mol. The lowest BCUT2D eigenvalue weighted by atomic mass is 10.2. The van der Waals surface area contributed by atoms with Crippen molar-refractivity contribution in [3.63, 3.8) is 0 Å². The highest BCUT2D eigenvalue weighted by Crippen LogP contribution is 2.31. The van der Waals surface area contributed by atoms with E-state index in [1.54, 1.807) is 26.5 Å². The number of methoxy groups -OCH3 is 2. The van der Waals surface area contributed by atoms with Gasteiger partial charge in [0.05, 0.1) is 32.1 Å². The Bertz CT molecular complexity index is 602. The van der Waals surface area contributed by atoms with E-state index in [4.69, 9.17) is 15.2 Å². The number of nitrogens with two attached hydrogens (primary N) is 1. The summed E-state index contributed by atoms with van der Waals surface area (Å²) in [6.07, 6.45) is 1.72.